The maximum absolute atomic E-state index is 11.9. The van der Waals surface area contributed by atoms with Crippen molar-refractivity contribution in [2.45, 2.75) is 57.1 Å². The second kappa shape index (κ2) is 6.85. The van der Waals surface area contributed by atoms with Gasteiger partial charge in [0, 0.05) is 65.2 Å². The van der Waals surface area contributed by atoms with Crippen LogP contribution in [0.4, 0.5) is 0 Å². The van der Waals surface area contributed by atoms with Crippen LogP contribution in [0.1, 0.15) is 45.4 Å². The smallest absolute Gasteiger partial charge is 0.219 e. The number of amides is 1. The first-order chi connectivity index (χ1) is 10.6. The van der Waals surface area contributed by atoms with E-state index in [1.165, 1.54) is 12.8 Å². The molecule has 2 atom stereocenters. The highest BCUT2D eigenvalue weighted by Crippen LogP contribution is 2.31. The Kier molecular flexibility index (Phi) is 5.05. The third-order valence-electron chi connectivity index (χ3n) is 5.75. The minimum Gasteiger partial charge on any atom is -0.388 e. The first-order valence-corrected chi connectivity index (χ1v) is 8.87. The van der Waals surface area contributed by atoms with E-state index in [2.05, 4.69) is 9.80 Å². The van der Waals surface area contributed by atoms with Gasteiger partial charge in [0.25, 0.3) is 0 Å². The van der Waals surface area contributed by atoms with Crippen LogP contribution in [0.3, 0.4) is 0 Å². The number of ether oxygens (including phenoxy) is 1. The summed E-state index contributed by atoms with van der Waals surface area (Å²) in [5.41, 5.74) is -0.573. The highest BCUT2D eigenvalue weighted by molar-refractivity contribution is 5.73. The summed E-state index contributed by atoms with van der Waals surface area (Å²) >= 11 is 0. The molecule has 0 aromatic rings. The topological polar surface area (TPSA) is 53.0 Å². The minimum atomic E-state index is -0.573. The van der Waals surface area contributed by atoms with Gasteiger partial charge in [0.2, 0.25) is 5.91 Å². The lowest BCUT2D eigenvalue weighted by Crippen LogP contribution is -2.55. The zero-order valence-electron chi connectivity index (χ0n) is 13.8. The Hall–Kier alpha value is -0.650. The van der Waals surface area contributed by atoms with Gasteiger partial charge in [-0.25, -0.2) is 0 Å². The number of likely N-dealkylation sites (tertiary alicyclic amines) is 2. The summed E-state index contributed by atoms with van der Waals surface area (Å²) in [4.78, 5) is 16.5. The number of β-amino-alcohol motifs (C(OH)–C–C–N with tert-alkyl or cyclic N) is 1. The van der Waals surface area contributed by atoms with Crippen LogP contribution in [0, 0.1) is 5.92 Å². The van der Waals surface area contributed by atoms with Gasteiger partial charge in [0.05, 0.1) is 5.60 Å². The van der Waals surface area contributed by atoms with Crippen molar-refractivity contribution in [1.82, 2.24) is 9.80 Å². The lowest BCUT2D eigenvalue weighted by atomic mass is 9.86. The molecule has 0 aromatic heterocycles. The first kappa shape index (κ1) is 16.2. The molecule has 3 heterocycles. The van der Waals surface area contributed by atoms with Gasteiger partial charge in [-0.05, 0) is 25.2 Å². The SMILES string of the molecule is CC(=O)N1CCCC[C@H]2CN(CC3(O)CCOCC3)CC[C@H]21. The van der Waals surface area contributed by atoms with Crippen LogP contribution < -0.4 is 0 Å². The minimum absolute atomic E-state index is 0.230. The molecule has 22 heavy (non-hydrogen) atoms. The second-order valence-electron chi connectivity index (χ2n) is 7.40. The number of rotatable bonds is 2. The van der Waals surface area contributed by atoms with Crippen molar-refractivity contribution in [3.05, 3.63) is 0 Å². The molecular formula is C17H30N2O3. The normalized spacial score (nSPS) is 33.1. The van der Waals surface area contributed by atoms with Crippen LogP contribution in [-0.2, 0) is 9.53 Å². The van der Waals surface area contributed by atoms with Gasteiger partial charge in [0.15, 0.2) is 0 Å². The van der Waals surface area contributed by atoms with Crippen LogP contribution in [0.25, 0.3) is 0 Å². The molecule has 126 valence electrons. The predicted octanol–water partition coefficient (Wildman–Crippen LogP) is 1.25. The number of carbonyl (C=O) groups excluding carboxylic acids is 1. The largest absolute Gasteiger partial charge is 0.388 e. The summed E-state index contributed by atoms with van der Waals surface area (Å²) in [6, 6.07) is 0.417. The molecule has 3 aliphatic heterocycles. The van der Waals surface area contributed by atoms with E-state index in [0.29, 0.717) is 25.2 Å². The molecule has 5 heteroatoms. The molecule has 0 unspecified atom stereocenters. The van der Waals surface area contributed by atoms with E-state index in [9.17, 15) is 9.90 Å². The molecule has 5 nitrogen and oxygen atoms in total. The van der Waals surface area contributed by atoms with Crippen molar-refractivity contribution in [1.29, 1.82) is 0 Å². The zero-order chi connectivity index (χ0) is 15.6. The Bertz CT molecular complexity index is 395. The molecule has 1 N–H and O–H groups in total. The molecule has 0 spiro atoms. The van der Waals surface area contributed by atoms with Crippen LogP contribution >= 0.6 is 0 Å². The fourth-order valence-corrected chi connectivity index (χ4v) is 4.50. The molecule has 3 rings (SSSR count). The summed E-state index contributed by atoms with van der Waals surface area (Å²) in [5.74, 6) is 0.803. The van der Waals surface area contributed by atoms with E-state index in [1.807, 2.05) is 0 Å². The highest BCUT2D eigenvalue weighted by Gasteiger charge is 2.39. The summed E-state index contributed by atoms with van der Waals surface area (Å²) in [6.45, 7) is 6.77. The predicted molar refractivity (Wildman–Crippen MR) is 84.6 cm³/mol. The maximum Gasteiger partial charge on any atom is 0.219 e. The molecule has 0 saturated carbocycles. The molecule has 0 aromatic carbocycles. The lowest BCUT2D eigenvalue weighted by molar-refractivity contribution is -0.134. The van der Waals surface area contributed by atoms with Gasteiger partial charge < -0.3 is 19.6 Å². The van der Waals surface area contributed by atoms with Gasteiger partial charge in [-0.3, -0.25) is 4.79 Å². The number of nitrogens with zero attached hydrogens (tertiary/aromatic N) is 2. The van der Waals surface area contributed by atoms with E-state index in [1.54, 1.807) is 6.92 Å². The lowest BCUT2D eigenvalue weighted by Gasteiger charge is -2.45. The third kappa shape index (κ3) is 3.63. The summed E-state index contributed by atoms with van der Waals surface area (Å²) in [7, 11) is 0. The second-order valence-corrected chi connectivity index (χ2v) is 7.40. The monoisotopic (exact) mass is 310 g/mol. The molecule has 3 aliphatic rings. The Balaban J connectivity index is 1.61. The van der Waals surface area contributed by atoms with Crippen LogP contribution in [-0.4, -0.2) is 71.8 Å². The van der Waals surface area contributed by atoms with Gasteiger partial charge in [0.1, 0.15) is 0 Å². The fourth-order valence-electron chi connectivity index (χ4n) is 4.50. The number of hydrogen-bond acceptors (Lipinski definition) is 4. The molecule has 3 saturated heterocycles. The Morgan fingerprint density at radius 2 is 2.00 bits per heavy atom. The first-order valence-electron chi connectivity index (χ1n) is 8.87. The fraction of sp³-hybridized carbons (Fsp3) is 0.941. The third-order valence-corrected chi connectivity index (χ3v) is 5.75. The van der Waals surface area contributed by atoms with Crippen molar-refractivity contribution in [3.8, 4) is 0 Å². The van der Waals surface area contributed by atoms with Crippen LogP contribution in [0.2, 0.25) is 0 Å². The summed E-state index contributed by atoms with van der Waals surface area (Å²) in [5, 5.41) is 10.7. The number of fused-ring (bicyclic) bond motifs is 1. The molecule has 0 bridgehead atoms. The van der Waals surface area contributed by atoms with E-state index in [0.717, 1.165) is 51.9 Å². The van der Waals surface area contributed by atoms with E-state index < -0.39 is 5.60 Å². The molecule has 3 fully saturated rings. The number of carbonyl (C=O) groups is 1. The molecule has 0 radical (unpaired) electrons. The Morgan fingerprint density at radius 3 is 2.73 bits per heavy atom. The number of hydrogen-bond donors (Lipinski definition) is 1. The van der Waals surface area contributed by atoms with Crippen molar-refractivity contribution in [2.24, 2.45) is 5.92 Å². The molecular weight excluding hydrogens is 280 g/mol. The Labute approximate surface area is 133 Å². The van der Waals surface area contributed by atoms with Crippen molar-refractivity contribution >= 4 is 5.91 Å². The standard InChI is InChI=1S/C17H30N2O3/c1-14(20)19-8-3-2-4-15-12-18(9-5-16(15)19)13-17(21)6-10-22-11-7-17/h15-16,21H,2-13H2,1H3/t15-,16+/m0/s1. The van der Waals surface area contributed by atoms with Crippen molar-refractivity contribution < 1.29 is 14.6 Å². The van der Waals surface area contributed by atoms with Gasteiger partial charge >= 0.3 is 0 Å². The summed E-state index contributed by atoms with van der Waals surface area (Å²) in [6.07, 6.45) is 6.11. The average molecular weight is 310 g/mol. The number of aliphatic hydroxyl groups is 1. The van der Waals surface area contributed by atoms with E-state index in [-0.39, 0.29) is 5.91 Å². The van der Waals surface area contributed by atoms with Crippen LogP contribution in [0.15, 0.2) is 0 Å². The Morgan fingerprint density at radius 1 is 1.23 bits per heavy atom. The quantitative estimate of drug-likeness (QED) is 0.834. The number of piperidine rings is 1. The van der Waals surface area contributed by atoms with Crippen LogP contribution in [0.5, 0.6) is 0 Å². The summed E-state index contributed by atoms with van der Waals surface area (Å²) < 4.78 is 5.37. The molecule has 1 amide bonds. The highest BCUT2D eigenvalue weighted by atomic mass is 16.5. The average Bonchev–Trinajstić information content (AvgIpc) is 2.69. The van der Waals surface area contributed by atoms with Gasteiger partial charge in [-0.1, -0.05) is 6.42 Å². The maximum atomic E-state index is 11.9. The zero-order valence-corrected chi connectivity index (χ0v) is 13.8. The van der Waals surface area contributed by atoms with Crippen molar-refractivity contribution in [3.63, 3.8) is 0 Å². The van der Waals surface area contributed by atoms with Gasteiger partial charge in [-0.15, -0.1) is 0 Å². The van der Waals surface area contributed by atoms with E-state index in [4.69, 9.17) is 4.74 Å². The van der Waals surface area contributed by atoms with Gasteiger partial charge in [-0.2, -0.15) is 0 Å². The molecule has 0 aliphatic carbocycles. The van der Waals surface area contributed by atoms with Crippen molar-refractivity contribution in [2.75, 3.05) is 39.4 Å². The van der Waals surface area contributed by atoms with E-state index >= 15 is 0 Å².